The van der Waals surface area contributed by atoms with Crippen LogP contribution in [0.5, 0.6) is 0 Å². The lowest BCUT2D eigenvalue weighted by Crippen LogP contribution is -2.08. The molecule has 1 aromatic carbocycles. The average Bonchev–Trinajstić information content (AvgIpc) is 2.19. The van der Waals surface area contributed by atoms with Crippen molar-refractivity contribution in [1.29, 1.82) is 0 Å². The Morgan fingerprint density at radius 2 is 2.07 bits per heavy atom. The van der Waals surface area contributed by atoms with Gasteiger partial charge >= 0.3 is 6.18 Å². The summed E-state index contributed by atoms with van der Waals surface area (Å²) in [6.07, 6.45) is -4.31. The lowest BCUT2D eigenvalue weighted by atomic mass is 10.1. The molecule has 0 aliphatic rings. The maximum absolute atomic E-state index is 12.2. The molecule has 1 rings (SSSR count). The van der Waals surface area contributed by atoms with Crippen molar-refractivity contribution in [2.45, 2.75) is 6.18 Å². The summed E-state index contributed by atoms with van der Waals surface area (Å²) in [6.45, 7) is 0. The van der Waals surface area contributed by atoms with Crippen LogP contribution in [0.1, 0.15) is 11.1 Å². The maximum atomic E-state index is 12.2. The molecule has 0 spiro atoms. The highest BCUT2D eigenvalue weighted by Crippen LogP contribution is 2.29. The first kappa shape index (κ1) is 11.2. The fourth-order valence-corrected chi connectivity index (χ4v) is 1.00. The zero-order valence-electron chi connectivity index (χ0n) is 7.32. The lowest BCUT2D eigenvalue weighted by molar-refractivity contribution is -0.137. The molecule has 0 fully saturated rings. The number of rotatable bonds is 2. The van der Waals surface area contributed by atoms with Crippen molar-refractivity contribution in [2.75, 3.05) is 0 Å². The molecule has 0 heterocycles. The highest BCUT2D eigenvalue weighted by molar-refractivity contribution is 6.36. The van der Waals surface area contributed by atoms with Crippen LogP contribution in [0.15, 0.2) is 29.4 Å². The van der Waals surface area contributed by atoms with Crippen molar-refractivity contribution in [3.63, 3.8) is 0 Å². The number of benzene rings is 1. The van der Waals surface area contributed by atoms with Crippen LogP contribution in [0.4, 0.5) is 13.2 Å². The molecule has 0 aromatic heterocycles. The van der Waals surface area contributed by atoms with Crippen LogP contribution < -0.4 is 0 Å². The summed E-state index contributed by atoms with van der Waals surface area (Å²) in [5.74, 6) is 0. The second-order valence-corrected chi connectivity index (χ2v) is 2.68. The van der Waals surface area contributed by atoms with Crippen molar-refractivity contribution in [3.05, 3.63) is 35.4 Å². The molecule has 0 amide bonds. The Morgan fingerprint density at radius 3 is 2.53 bits per heavy atom. The minimum absolute atomic E-state index is 0.0812. The average molecular weight is 217 g/mol. The first-order valence-corrected chi connectivity index (χ1v) is 3.84. The van der Waals surface area contributed by atoms with Gasteiger partial charge in [0.05, 0.1) is 5.56 Å². The Kier molecular flexibility index (Phi) is 3.08. The molecule has 3 nitrogen and oxygen atoms in total. The van der Waals surface area contributed by atoms with Crippen LogP contribution in [0.25, 0.3) is 0 Å². The van der Waals surface area contributed by atoms with Gasteiger partial charge in [-0.15, -0.1) is 0 Å². The molecule has 1 aromatic rings. The number of alkyl halides is 3. The minimum Gasteiger partial charge on any atom is -0.410 e. The van der Waals surface area contributed by atoms with E-state index in [-0.39, 0.29) is 11.8 Å². The van der Waals surface area contributed by atoms with Gasteiger partial charge < -0.3 is 5.21 Å². The van der Waals surface area contributed by atoms with Gasteiger partial charge in [0.1, 0.15) is 5.71 Å². The van der Waals surface area contributed by atoms with E-state index in [4.69, 9.17) is 5.21 Å². The van der Waals surface area contributed by atoms with Gasteiger partial charge in [0.25, 0.3) is 0 Å². The van der Waals surface area contributed by atoms with Crippen LogP contribution in [0.3, 0.4) is 0 Å². The van der Waals surface area contributed by atoms with E-state index in [1.54, 1.807) is 0 Å². The van der Waals surface area contributed by atoms with Crippen LogP contribution in [-0.2, 0) is 11.0 Å². The molecule has 0 aliphatic heterocycles. The Balaban J connectivity index is 3.19. The lowest BCUT2D eigenvalue weighted by Gasteiger charge is -2.07. The Bertz CT molecular complexity index is 399. The van der Waals surface area contributed by atoms with Crippen LogP contribution in [0.2, 0.25) is 0 Å². The third-order valence-corrected chi connectivity index (χ3v) is 1.71. The molecule has 0 unspecified atom stereocenters. The van der Waals surface area contributed by atoms with E-state index in [1.165, 1.54) is 6.07 Å². The predicted molar refractivity (Wildman–Crippen MR) is 45.8 cm³/mol. The van der Waals surface area contributed by atoms with Gasteiger partial charge in [0, 0.05) is 5.56 Å². The Hall–Kier alpha value is -1.85. The van der Waals surface area contributed by atoms with Crippen molar-refractivity contribution in [3.8, 4) is 0 Å². The number of carbonyl (C=O) groups excluding carboxylic acids is 1. The Labute approximate surface area is 82.8 Å². The third kappa shape index (κ3) is 2.55. The zero-order chi connectivity index (χ0) is 11.5. The van der Waals surface area contributed by atoms with Crippen LogP contribution in [-0.4, -0.2) is 17.2 Å². The summed E-state index contributed by atoms with van der Waals surface area (Å²) in [6, 6.07) is 3.98. The molecule has 15 heavy (non-hydrogen) atoms. The SMILES string of the molecule is O=CC(=NO)c1cccc(C(F)(F)F)c1. The molecule has 80 valence electrons. The number of oxime groups is 1. The molecule has 0 saturated carbocycles. The normalized spacial score (nSPS) is 12.6. The van der Waals surface area contributed by atoms with Gasteiger partial charge in [-0.25, -0.2) is 0 Å². The van der Waals surface area contributed by atoms with Crippen molar-refractivity contribution in [2.24, 2.45) is 5.16 Å². The summed E-state index contributed by atoms with van der Waals surface area (Å²) in [7, 11) is 0. The van der Waals surface area contributed by atoms with E-state index in [1.807, 2.05) is 0 Å². The fourth-order valence-electron chi connectivity index (χ4n) is 1.00. The summed E-state index contributed by atoms with van der Waals surface area (Å²) in [4.78, 5) is 10.3. The van der Waals surface area contributed by atoms with E-state index < -0.39 is 17.5 Å². The quantitative estimate of drug-likeness (QED) is 0.357. The van der Waals surface area contributed by atoms with Gasteiger partial charge in [-0.05, 0) is 12.1 Å². The fraction of sp³-hybridized carbons (Fsp3) is 0.111. The highest BCUT2D eigenvalue weighted by Gasteiger charge is 2.30. The summed E-state index contributed by atoms with van der Waals surface area (Å²) >= 11 is 0. The summed E-state index contributed by atoms with van der Waals surface area (Å²) in [5.41, 5.74) is -1.42. The van der Waals surface area contributed by atoms with Crippen LogP contribution >= 0.6 is 0 Å². The van der Waals surface area contributed by atoms with Crippen molar-refractivity contribution < 1.29 is 23.2 Å². The molecule has 0 radical (unpaired) electrons. The van der Waals surface area contributed by atoms with Gasteiger partial charge in [-0.1, -0.05) is 17.3 Å². The zero-order valence-corrected chi connectivity index (χ0v) is 7.32. The molecule has 6 heteroatoms. The number of aldehydes is 1. The second kappa shape index (κ2) is 4.12. The van der Waals surface area contributed by atoms with Gasteiger partial charge in [0.15, 0.2) is 6.29 Å². The predicted octanol–water partition coefficient (Wildman–Crippen LogP) is 2.08. The smallest absolute Gasteiger partial charge is 0.410 e. The van der Waals surface area contributed by atoms with E-state index in [9.17, 15) is 18.0 Å². The number of hydrogen-bond acceptors (Lipinski definition) is 3. The van der Waals surface area contributed by atoms with E-state index in [0.29, 0.717) is 0 Å². The van der Waals surface area contributed by atoms with E-state index in [0.717, 1.165) is 18.2 Å². The monoisotopic (exact) mass is 217 g/mol. The highest BCUT2D eigenvalue weighted by atomic mass is 19.4. The van der Waals surface area contributed by atoms with E-state index in [2.05, 4.69) is 5.16 Å². The molecule has 0 aliphatic carbocycles. The topological polar surface area (TPSA) is 49.7 Å². The Morgan fingerprint density at radius 1 is 1.40 bits per heavy atom. The molecule has 0 atom stereocenters. The minimum atomic E-state index is -4.49. The molecule has 0 bridgehead atoms. The van der Waals surface area contributed by atoms with Crippen molar-refractivity contribution >= 4 is 12.0 Å². The van der Waals surface area contributed by atoms with Crippen LogP contribution in [0, 0.1) is 0 Å². The first-order valence-electron chi connectivity index (χ1n) is 3.84. The second-order valence-electron chi connectivity index (χ2n) is 2.68. The van der Waals surface area contributed by atoms with E-state index >= 15 is 0 Å². The van der Waals surface area contributed by atoms with Crippen molar-refractivity contribution in [1.82, 2.24) is 0 Å². The largest absolute Gasteiger partial charge is 0.416 e. The molecule has 0 saturated heterocycles. The first-order chi connectivity index (χ1) is 6.99. The third-order valence-electron chi connectivity index (χ3n) is 1.71. The number of halogens is 3. The molecular weight excluding hydrogens is 211 g/mol. The number of hydrogen-bond donors (Lipinski definition) is 1. The van der Waals surface area contributed by atoms with Gasteiger partial charge in [-0.3, -0.25) is 4.79 Å². The summed E-state index contributed by atoms with van der Waals surface area (Å²) in [5, 5.41) is 10.9. The van der Waals surface area contributed by atoms with Gasteiger partial charge in [-0.2, -0.15) is 13.2 Å². The molecule has 1 N–H and O–H groups in total. The number of carbonyl (C=O) groups is 1. The number of nitrogens with zero attached hydrogens (tertiary/aromatic N) is 1. The summed E-state index contributed by atoms with van der Waals surface area (Å²) < 4.78 is 36.7. The van der Waals surface area contributed by atoms with Gasteiger partial charge in [0.2, 0.25) is 0 Å². The maximum Gasteiger partial charge on any atom is 0.416 e. The standard InChI is InChI=1S/C9H6F3NO2/c10-9(11,12)7-3-1-2-6(4-7)8(5-14)13-15/h1-5,15H. The molecular formula is C9H6F3NO2.